The highest BCUT2D eigenvalue weighted by atomic mass is 32.2. The fourth-order valence-electron chi connectivity index (χ4n) is 2.71. The number of carbonyl (C=O) groups excluding carboxylic acids is 2. The number of anilines is 1. The Labute approximate surface area is 150 Å². The maximum Gasteiger partial charge on any atom is 0.240 e. The zero-order valence-electron chi connectivity index (χ0n) is 14.0. The number of hydrogen-bond acceptors (Lipinski definition) is 6. The monoisotopic (exact) mass is 363 g/mol. The molecule has 0 saturated carbocycles. The second kappa shape index (κ2) is 8.35. The predicted octanol–water partition coefficient (Wildman–Crippen LogP) is 1.79. The maximum absolute atomic E-state index is 12.2. The molecule has 2 N–H and O–H groups in total. The average molecular weight is 363 g/mol. The molecule has 2 atom stereocenters. The zero-order valence-corrected chi connectivity index (χ0v) is 14.8. The Bertz CT molecular complexity index is 674. The second-order valence-electron chi connectivity index (χ2n) is 5.83. The van der Waals surface area contributed by atoms with Crippen LogP contribution < -0.4 is 15.4 Å². The van der Waals surface area contributed by atoms with Crippen molar-refractivity contribution in [3.05, 3.63) is 24.3 Å². The van der Waals surface area contributed by atoms with Gasteiger partial charge >= 0.3 is 0 Å². The summed E-state index contributed by atoms with van der Waals surface area (Å²) in [5, 5.41) is 5.61. The van der Waals surface area contributed by atoms with Gasteiger partial charge in [0.1, 0.15) is 11.0 Å². The molecule has 8 heteroatoms. The first-order valence-electron chi connectivity index (χ1n) is 8.22. The predicted molar refractivity (Wildman–Crippen MR) is 97.0 cm³/mol. The minimum absolute atomic E-state index is 0.0769. The number of aliphatic imine (C=N–C) groups is 1. The van der Waals surface area contributed by atoms with Gasteiger partial charge in [0.15, 0.2) is 5.17 Å². The normalized spacial score (nSPS) is 24.4. The van der Waals surface area contributed by atoms with E-state index >= 15 is 0 Å². The molecule has 0 unspecified atom stereocenters. The van der Waals surface area contributed by atoms with Crippen LogP contribution in [0, 0.1) is 0 Å². The van der Waals surface area contributed by atoms with E-state index in [1.54, 1.807) is 19.2 Å². The zero-order chi connectivity index (χ0) is 17.6. The lowest BCUT2D eigenvalue weighted by Crippen LogP contribution is -2.28. The molecule has 2 heterocycles. The Morgan fingerprint density at radius 2 is 2.32 bits per heavy atom. The van der Waals surface area contributed by atoms with Crippen LogP contribution in [0.4, 0.5) is 5.69 Å². The summed E-state index contributed by atoms with van der Waals surface area (Å²) in [5.41, 5.74) is 0.589. The third-order valence-corrected chi connectivity index (χ3v) is 5.11. The van der Waals surface area contributed by atoms with Gasteiger partial charge in [0.25, 0.3) is 0 Å². The van der Waals surface area contributed by atoms with Gasteiger partial charge in [0.2, 0.25) is 11.8 Å². The molecule has 2 aliphatic rings. The van der Waals surface area contributed by atoms with E-state index in [-0.39, 0.29) is 24.3 Å². The van der Waals surface area contributed by atoms with Gasteiger partial charge in [0.05, 0.1) is 25.4 Å². The van der Waals surface area contributed by atoms with Crippen molar-refractivity contribution in [1.29, 1.82) is 0 Å². The molecule has 0 aromatic heterocycles. The van der Waals surface area contributed by atoms with Crippen molar-refractivity contribution in [1.82, 2.24) is 5.32 Å². The molecule has 1 aromatic rings. The van der Waals surface area contributed by atoms with Crippen LogP contribution in [-0.4, -0.2) is 48.6 Å². The molecule has 0 spiro atoms. The summed E-state index contributed by atoms with van der Waals surface area (Å²) < 4.78 is 10.7. The second-order valence-corrected chi connectivity index (χ2v) is 7.02. The summed E-state index contributed by atoms with van der Waals surface area (Å²) in [5.74, 6) is 0.155. The Balaban J connectivity index is 1.52. The number of thioether (sulfide) groups is 1. The van der Waals surface area contributed by atoms with Gasteiger partial charge in [-0.25, -0.2) is 0 Å². The molecule has 7 nitrogen and oxygen atoms in total. The van der Waals surface area contributed by atoms with Gasteiger partial charge in [-0.15, -0.1) is 0 Å². The number of para-hydroxylation sites is 2. The fourth-order valence-corrected chi connectivity index (χ4v) is 3.68. The van der Waals surface area contributed by atoms with Crippen molar-refractivity contribution in [3.8, 4) is 5.75 Å². The van der Waals surface area contributed by atoms with E-state index in [1.165, 1.54) is 11.8 Å². The van der Waals surface area contributed by atoms with Gasteiger partial charge < -0.3 is 20.1 Å². The number of nitrogens with one attached hydrogen (secondary N) is 2. The molecule has 0 aliphatic carbocycles. The van der Waals surface area contributed by atoms with E-state index < -0.39 is 5.25 Å². The van der Waals surface area contributed by atoms with Crippen LogP contribution in [0.25, 0.3) is 0 Å². The molecule has 134 valence electrons. The van der Waals surface area contributed by atoms with Crippen molar-refractivity contribution < 1.29 is 19.1 Å². The van der Waals surface area contributed by atoms with Crippen molar-refractivity contribution in [2.45, 2.75) is 30.6 Å². The summed E-state index contributed by atoms with van der Waals surface area (Å²) in [6, 6.07) is 7.16. The smallest absolute Gasteiger partial charge is 0.240 e. The molecule has 2 aliphatic heterocycles. The fraction of sp³-hybridized carbons (Fsp3) is 0.471. The molecule has 2 fully saturated rings. The lowest BCUT2D eigenvalue weighted by Gasteiger charge is -2.10. The largest absolute Gasteiger partial charge is 0.495 e. The van der Waals surface area contributed by atoms with Gasteiger partial charge in [-0.2, -0.15) is 0 Å². The van der Waals surface area contributed by atoms with E-state index in [0.717, 1.165) is 19.4 Å². The number of methoxy groups -OCH3 is 1. The number of carbonyl (C=O) groups is 2. The quantitative estimate of drug-likeness (QED) is 0.804. The number of rotatable bonds is 6. The Morgan fingerprint density at radius 1 is 1.48 bits per heavy atom. The van der Waals surface area contributed by atoms with Crippen LogP contribution in [0.5, 0.6) is 5.75 Å². The van der Waals surface area contributed by atoms with Gasteiger partial charge in [-0.3, -0.25) is 14.6 Å². The van der Waals surface area contributed by atoms with Crippen LogP contribution in [0.15, 0.2) is 29.3 Å². The van der Waals surface area contributed by atoms with Gasteiger partial charge in [-0.05, 0) is 25.0 Å². The van der Waals surface area contributed by atoms with Crippen molar-refractivity contribution in [2.75, 3.05) is 25.6 Å². The van der Waals surface area contributed by atoms with Crippen molar-refractivity contribution >= 4 is 34.4 Å². The topological polar surface area (TPSA) is 89.0 Å². The minimum atomic E-state index is -0.474. The standard InChI is InChI=1S/C17H21N3O4S/c1-23-13-7-3-2-6-12(13)19-15(21)9-14-16(22)20-17(25-14)18-10-11-5-4-8-24-11/h2-3,6-7,11,14H,4-5,8-10H2,1H3,(H,19,21)(H,18,20,22)/t11-,14-/m0/s1. The molecule has 25 heavy (non-hydrogen) atoms. The molecule has 0 bridgehead atoms. The SMILES string of the molecule is COc1ccccc1NC(=O)C[C@@H]1SC(=NC[C@@H]2CCCO2)NC1=O. The first kappa shape index (κ1) is 17.8. The summed E-state index contributed by atoms with van der Waals surface area (Å²) in [4.78, 5) is 28.7. The number of amidine groups is 1. The number of hydrogen-bond donors (Lipinski definition) is 2. The summed E-state index contributed by atoms with van der Waals surface area (Å²) in [6.45, 7) is 1.32. The van der Waals surface area contributed by atoms with Gasteiger partial charge in [-0.1, -0.05) is 23.9 Å². The van der Waals surface area contributed by atoms with E-state index in [2.05, 4.69) is 15.6 Å². The van der Waals surface area contributed by atoms with Gasteiger partial charge in [0, 0.05) is 13.0 Å². The van der Waals surface area contributed by atoms with Crippen LogP contribution in [0.3, 0.4) is 0 Å². The van der Waals surface area contributed by atoms with Crippen molar-refractivity contribution in [3.63, 3.8) is 0 Å². The first-order valence-corrected chi connectivity index (χ1v) is 9.10. The molecular weight excluding hydrogens is 342 g/mol. The Kier molecular flexibility index (Phi) is 5.93. The molecule has 3 rings (SSSR count). The van der Waals surface area contributed by atoms with E-state index in [1.807, 2.05) is 12.1 Å². The van der Waals surface area contributed by atoms with E-state index in [4.69, 9.17) is 9.47 Å². The van der Waals surface area contributed by atoms with Crippen LogP contribution in [0.1, 0.15) is 19.3 Å². The van der Waals surface area contributed by atoms with Crippen LogP contribution >= 0.6 is 11.8 Å². The number of amides is 2. The highest BCUT2D eigenvalue weighted by Gasteiger charge is 2.32. The van der Waals surface area contributed by atoms with Crippen LogP contribution in [-0.2, 0) is 14.3 Å². The highest BCUT2D eigenvalue weighted by Crippen LogP contribution is 2.26. The number of nitrogens with zero attached hydrogens (tertiary/aromatic N) is 1. The summed E-state index contributed by atoms with van der Waals surface area (Å²) >= 11 is 1.29. The highest BCUT2D eigenvalue weighted by molar-refractivity contribution is 8.15. The Hall–Kier alpha value is -2.06. The lowest BCUT2D eigenvalue weighted by atomic mass is 10.2. The number of benzene rings is 1. The van der Waals surface area contributed by atoms with E-state index in [0.29, 0.717) is 23.1 Å². The average Bonchev–Trinajstić information content (AvgIpc) is 3.23. The summed E-state index contributed by atoms with van der Waals surface area (Å²) in [6.07, 6.45) is 2.27. The van der Waals surface area contributed by atoms with Crippen molar-refractivity contribution in [2.24, 2.45) is 4.99 Å². The molecule has 2 amide bonds. The van der Waals surface area contributed by atoms with E-state index in [9.17, 15) is 9.59 Å². The first-order chi connectivity index (χ1) is 12.2. The van der Waals surface area contributed by atoms with Crippen LogP contribution in [0.2, 0.25) is 0 Å². The molecular formula is C17H21N3O4S. The number of ether oxygens (including phenoxy) is 2. The minimum Gasteiger partial charge on any atom is -0.495 e. The molecule has 2 saturated heterocycles. The molecule has 0 radical (unpaired) electrons. The maximum atomic E-state index is 12.2. The summed E-state index contributed by atoms with van der Waals surface area (Å²) in [7, 11) is 1.54. The lowest BCUT2D eigenvalue weighted by molar-refractivity contribution is -0.122. The molecule has 1 aromatic carbocycles. The third-order valence-electron chi connectivity index (χ3n) is 3.99. The third kappa shape index (κ3) is 4.73. The Morgan fingerprint density at radius 3 is 3.08 bits per heavy atom.